The Morgan fingerprint density at radius 1 is 1.26 bits per heavy atom. The first kappa shape index (κ1) is 26.8. The van der Waals surface area contributed by atoms with Gasteiger partial charge in [0.2, 0.25) is 10.0 Å². The lowest BCUT2D eigenvalue weighted by atomic mass is 9.99. The number of amides is 1. The molecule has 1 aliphatic rings. The van der Waals surface area contributed by atoms with E-state index in [1.165, 1.54) is 0 Å². The van der Waals surface area contributed by atoms with Gasteiger partial charge in [0.05, 0.1) is 37.3 Å². The van der Waals surface area contributed by atoms with E-state index in [0.29, 0.717) is 19.6 Å². The monoisotopic (exact) mass is 505 g/mol. The lowest BCUT2D eigenvalue weighted by Crippen LogP contribution is -2.49. The van der Waals surface area contributed by atoms with Crippen LogP contribution in [0.5, 0.6) is 11.5 Å². The molecule has 9 nitrogen and oxygen atoms in total. The summed E-state index contributed by atoms with van der Waals surface area (Å²) in [6.07, 6.45) is 0.709. The number of ether oxygens (including phenoxy) is 2. The van der Waals surface area contributed by atoms with Gasteiger partial charge in [0.1, 0.15) is 11.9 Å². The van der Waals surface area contributed by atoms with Crippen molar-refractivity contribution in [2.24, 2.45) is 5.92 Å². The number of fused-ring (bicyclic) bond motifs is 1. The summed E-state index contributed by atoms with van der Waals surface area (Å²) in [5.41, 5.74) is 1.58. The number of aliphatic hydroxyl groups excluding tert-OH is 1. The van der Waals surface area contributed by atoms with Crippen LogP contribution in [-0.4, -0.2) is 81.5 Å². The van der Waals surface area contributed by atoms with Gasteiger partial charge in [0, 0.05) is 25.6 Å². The molecule has 0 saturated heterocycles. The molecule has 0 unspecified atom stereocenters. The molecular weight excluding hydrogens is 470 g/mol. The minimum atomic E-state index is -3.60. The Labute approximate surface area is 207 Å². The van der Waals surface area contributed by atoms with E-state index in [1.54, 1.807) is 37.1 Å². The highest BCUT2D eigenvalue weighted by Crippen LogP contribution is 2.35. The largest absolute Gasteiger partial charge is 0.497 e. The van der Waals surface area contributed by atoms with Gasteiger partial charge in [0.15, 0.2) is 5.75 Å². The molecule has 0 radical (unpaired) electrons. The zero-order chi connectivity index (χ0) is 25.8. The molecule has 3 atom stereocenters. The van der Waals surface area contributed by atoms with Gasteiger partial charge < -0.3 is 19.5 Å². The van der Waals surface area contributed by atoms with Crippen LogP contribution in [0, 0.1) is 5.92 Å². The van der Waals surface area contributed by atoms with E-state index in [1.807, 2.05) is 38.2 Å². The fraction of sp³-hybridized carbons (Fsp3) is 0.480. The van der Waals surface area contributed by atoms with Crippen molar-refractivity contribution in [1.29, 1.82) is 0 Å². The van der Waals surface area contributed by atoms with Crippen LogP contribution in [0.15, 0.2) is 42.5 Å². The fourth-order valence-corrected chi connectivity index (χ4v) is 4.72. The highest BCUT2D eigenvalue weighted by atomic mass is 32.2. The second kappa shape index (κ2) is 11.3. The van der Waals surface area contributed by atoms with Crippen LogP contribution in [0.25, 0.3) is 0 Å². The third-order valence-electron chi connectivity index (χ3n) is 6.09. The molecule has 2 N–H and O–H groups in total. The molecule has 0 aromatic heterocycles. The van der Waals surface area contributed by atoms with E-state index in [0.717, 1.165) is 17.6 Å². The third-order valence-corrected chi connectivity index (χ3v) is 6.68. The quantitative estimate of drug-likeness (QED) is 0.539. The number of para-hydroxylation sites is 1. The first-order chi connectivity index (χ1) is 16.5. The fourth-order valence-electron chi connectivity index (χ4n) is 4.16. The molecule has 0 aliphatic carbocycles. The Morgan fingerprint density at radius 3 is 2.54 bits per heavy atom. The predicted octanol–water partition coefficient (Wildman–Crippen LogP) is 2.42. The third kappa shape index (κ3) is 6.87. The van der Waals surface area contributed by atoms with E-state index in [9.17, 15) is 18.3 Å². The SMILES string of the molecule is COc1ccc(CN(C)C[C@@H]2Oc3c(NS(C)(=O)=O)cccc3C(=O)N([C@@H](C)CO)C[C@@H]2C)cc1. The number of carbonyl (C=O) groups excluding carboxylic acids is 1. The van der Waals surface area contributed by atoms with Gasteiger partial charge in [-0.2, -0.15) is 0 Å². The summed E-state index contributed by atoms with van der Waals surface area (Å²) in [6, 6.07) is 12.3. The predicted molar refractivity (Wildman–Crippen MR) is 135 cm³/mol. The van der Waals surface area contributed by atoms with Crippen molar-refractivity contribution in [1.82, 2.24) is 9.80 Å². The second-order valence-electron chi connectivity index (χ2n) is 9.22. The van der Waals surface area contributed by atoms with Gasteiger partial charge in [-0.25, -0.2) is 8.42 Å². The van der Waals surface area contributed by atoms with E-state index in [2.05, 4.69) is 9.62 Å². The van der Waals surface area contributed by atoms with Crippen molar-refractivity contribution in [2.45, 2.75) is 32.5 Å². The summed E-state index contributed by atoms with van der Waals surface area (Å²) in [6.45, 7) is 5.20. The molecule has 2 aromatic rings. The maximum atomic E-state index is 13.4. The van der Waals surface area contributed by atoms with Gasteiger partial charge in [-0.3, -0.25) is 14.4 Å². The van der Waals surface area contributed by atoms with Crippen LogP contribution in [0.2, 0.25) is 0 Å². The summed E-state index contributed by atoms with van der Waals surface area (Å²) in [5, 5.41) is 9.79. The molecule has 35 heavy (non-hydrogen) atoms. The van der Waals surface area contributed by atoms with Crippen LogP contribution < -0.4 is 14.2 Å². The minimum absolute atomic E-state index is 0.0919. The molecule has 0 fully saturated rings. The molecular formula is C25H35N3O6S. The molecule has 1 heterocycles. The van der Waals surface area contributed by atoms with E-state index >= 15 is 0 Å². The second-order valence-corrected chi connectivity index (χ2v) is 11.0. The van der Waals surface area contributed by atoms with Crippen LogP contribution >= 0.6 is 0 Å². The number of sulfonamides is 1. The number of aliphatic hydroxyl groups is 1. The van der Waals surface area contributed by atoms with E-state index in [-0.39, 0.29) is 41.5 Å². The molecule has 0 saturated carbocycles. The lowest BCUT2D eigenvalue weighted by Gasteiger charge is -2.38. The molecule has 1 amide bonds. The average molecular weight is 506 g/mol. The van der Waals surface area contributed by atoms with Crippen molar-refractivity contribution in [3.05, 3.63) is 53.6 Å². The number of rotatable bonds is 9. The number of hydrogen-bond donors (Lipinski definition) is 2. The number of carbonyl (C=O) groups is 1. The number of anilines is 1. The summed E-state index contributed by atoms with van der Waals surface area (Å²) in [7, 11) is 0.0161. The Hall–Kier alpha value is -2.82. The van der Waals surface area contributed by atoms with E-state index in [4.69, 9.17) is 9.47 Å². The molecule has 2 aromatic carbocycles. The maximum Gasteiger partial charge on any atom is 0.258 e. The summed E-state index contributed by atoms with van der Waals surface area (Å²) >= 11 is 0. The molecule has 3 rings (SSSR count). The standard InChI is InChI=1S/C25H35N3O6S/c1-17-13-28(18(2)16-29)25(30)21-7-6-8-22(26-35(5,31)32)24(21)34-23(17)15-27(3)14-19-9-11-20(33-4)12-10-19/h6-12,17-18,23,26,29H,13-16H2,1-5H3/t17-,18-,23-/m0/s1. The first-order valence-corrected chi connectivity index (χ1v) is 13.4. The van der Waals surface area contributed by atoms with Crippen molar-refractivity contribution in [2.75, 3.05) is 44.8 Å². The van der Waals surface area contributed by atoms with Crippen molar-refractivity contribution >= 4 is 21.6 Å². The lowest BCUT2D eigenvalue weighted by molar-refractivity contribution is 0.0344. The highest BCUT2D eigenvalue weighted by molar-refractivity contribution is 7.92. The summed E-state index contributed by atoms with van der Waals surface area (Å²) < 4.78 is 38.1. The maximum absolute atomic E-state index is 13.4. The smallest absolute Gasteiger partial charge is 0.258 e. The van der Waals surface area contributed by atoms with Gasteiger partial charge in [-0.15, -0.1) is 0 Å². The summed E-state index contributed by atoms with van der Waals surface area (Å²) in [4.78, 5) is 17.2. The zero-order valence-corrected chi connectivity index (χ0v) is 21.7. The van der Waals surface area contributed by atoms with Crippen LogP contribution in [-0.2, 0) is 16.6 Å². The van der Waals surface area contributed by atoms with Crippen molar-refractivity contribution in [3.63, 3.8) is 0 Å². The highest BCUT2D eigenvalue weighted by Gasteiger charge is 2.34. The number of methoxy groups -OCH3 is 1. The first-order valence-electron chi connectivity index (χ1n) is 11.5. The number of nitrogens with zero attached hydrogens (tertiary/aromatic N) is 2. The zero-order valence-electron chi connectivity index (χ0n) is 20.9. The Morgan fingerprint density at radius 2 is 1.94 bits per heavy atom. The van der Waals surface area contributed by atoms with Crippen molar-refractivity contribution in [3.8, 4) is 11.5 Å². The minimum Gasteiger partial charge on any atom is -0.497 e. The van der Waals surface area contributed by atoms with Crippen molar-refractivity contribution < 1.29 is 27.8 Å². The topological polar surface area (TPSA) is 108 Å². The number of benzene rings is 2. The van der Waals surface area contributed by atoms with Crippen LogP contribution in [0.4, 0.5) is 5.69 Å². The van der Waals surface area contributed by atoms with Crippen LogP contribution in [0.3, 0.4) is 0 Å². The molecule has 192 valence electrons. The van der Waals surface area contributed by atoms with Gasteiger partial charge in [-0.1, -0.05) is 25.1 Å². The van der Waals surface area contributed by atoms with E-state index < -0.39 is 16.1 Å². The number of likely N-dealkylation sites (N-methyl/N-ethyl adjacent to an activating group) is 1. The Bertz CT molecular complexity index is 1120. The number of hydrogen-bond acceptors (Lipinski definition) is 7. The summed E-state index contributed by atoms with van der Waals surface area (Å²) in [5.74, 6) is 0.590. The Kier molecular flexibility index (Phi) is 8.63. The van der Waals surface area contributed by atoms with Gasteiger partial charge in [0.25, 0.3) is 5.91 Å². The average Bonchev–Trinajstić information content (AvgIpc) is 2.80. The number of nitrogens with one attached hydrogen (secondary N) is 1. The Balaban J connectivity index is 1.94. The molecule has 0 spiro atoms. The molecule has 1 aliphatic heterocycles. The van der Waals surface area contributed by atoms with Crippen LogP contribution in [0.1, 0.15) is 29.8 Å². The molecule has 10 heteroatoms. The van der Waals surface area contributed by atoms with Gasteiger partial charge in [-0.05, 0) is 43.8 Å². The molecule has 0 bridgehead atoms. The van der Waals surface area contributed by atoms with Gasteiger partial charge >= 0.3 is 0 Å². The normalized spacial score (nSPS) is 19.4.